The number of aromatic nitrogens is 1. The maximum absolute atomic E-state index is 3.74. The fourth-order valence-corrected chi connectivity index (χ4v) is 9.92. The Bertz CT molecular complexity index is 850. The van der Waals surface area contributed by atoms with Gasteiger partial charge in [0.2, 0.25) is 0 Å². The Morgan fingerprint density at radius 1 is 0.960 bits per heavy atom. The minimum absolute atomic E-state index is 0. The molecule has 1 nitrogen and oxygen atoms in total. The van der Waals surface area contributed by atoms with Crippen LogP contribution in [0.5, 0.6) is 0 Å². The number of rotatable bonds is 3. The second-order valence-corrected chi connectivity index (χ2v) is 12.8. The van der Waals surface area contributed by atoms with Crippen LogP contribution in [-0.2, 0) is 19.2 Å². The number of para-hydroxylation sites is 1. The van der Waals surface area contributed by atoms with Crippen molar-refractivity contribution in [2.75, 3.05) is 0 Å². The molecule has 0 saturated carbocycles. The summed E-state index contributed by atoms with van der Waals surface area (Å²) in [4.78, 5) is 3.74. The molecule has 0 radical (unpaired) electrons. The summed E-state index contributed by atoms with van der Waals surface area (Å²) >= 11 is -0.312. The average molecular weight is 428 g/mol. The first kappa shape index (κ1) is 22.8. The van der Waals surface area contributed by atoms with Gasteiger partial charge in [0.15, 0.2) is 0 Å². The van der Waals surface area contributed by atoms with Gasteiger partial charge in [-0.3, -0.25) is 0 Å². The van der Waals surface area contributed by atoms with Crippen LogP contribution in [0.2, 0.25) is 18.1 Å². The summed E-state index contributed by atoms with van der Waals surface area (Å²) in [7, 11) is -0.822. The molecule has 1 unspecified atom stereocenters. The third kappa shape index (κ3) is 3.49. The zero-order valence-electron chi connectivity index (χ0n) is 16.1. The summed E-state index contributed by atoms with van der Waals surface area (Å²) in [5.41, 5.74) is 7.55. The number of fused-ring (bicyclic) bond motifs is 1. The molecular formula is C20H27Cl2NSiTi. The molecule has 0 spiro atoms. The smallest absolute Gasteiger partial charge is 1.00 e. The molecule has 134 valence electrons. The largest absolute Gasteiger partial charge is 1.00 e. The van der Waals surface area contributed by atoms with E-state index in [-0.39, 0.29) is 44.0 Å². The van der Waals surface area contributed by atoms with Gasteiger partial charge in [-0.25, -0.2) is 0 Å². The van der Waals surface area contributed by atoms with Crippen LogP contribution in [0.1, 0.15) is 33.3 Å². The van der Waals surface area contributed by atoms with Crippen LogP contribution in [0.15, 0.2) is 44.9 Å². The van der Waals surface area contributed by atoms with Crippen molar-refractivity contribution in [1.82, 2.24) is 4.98 Å². The Hall–Kier alpha value is -0.249. The molecule has 2 aromatic rings. The maximum Gasteiger partial charge on any atom is -1.00 e. The Morgan fingerprint density at radius 3 is 2.12 bits per heavy atom. The van der Waals surface area contributed by atoms with Crippen molar-refractivity contribution in [2.45, 2.75) is 52.8 Å². The molecule has 0 fully saturated rings. The van der Waals surface area contributed by atoms with Crippen molar-refractivity contribution in [3.8, 4) is 0 Å². The molecule has 3 rings (SSSR count). The van der Waals surface area contributed by atoms with Gasteiger partial charge >= 0.3 is 151 Å². The molecule has 1 aromatic heterocycles. The molecule has 0 bridgehead atoms. The van der Waals surface area contributed by atoms with Crippen molar-refractivity contribution in [3.63, 3.8) is 0 Å². The van der Waals surface area contributed by atoms with Crippen molar-refractivity contribution in [1.29, 1.82) is 0 Å². The van der Waals surface area contributed by atoms with Gasteiger partial charge in [-0.05, 0) is 0 Å². The molecule has 1 N–H and O–H groups in total. The molecule has 0 amide bonds. The van der Waals surface area contributed by atoms with E-state index < -0.39 is 8.80 Å². The van der Waals surface area contributed by atoms with Crippen molar-refractivity contribution in [3.05, 3.63) is 50.4 Å². The number of benzene rings is 1. The fraction of sp³-hybridized carbons (Fsp3) is 0.400. The maximum atomic E-state index is 3.74. The van der Waals surface area contributed by atoms with Crippen LogP contribution < -0.4 is 28.8 Å². The molecule has 0 saturated heterocycles. The van der Waals surface area contributed by atoms with Gasteiger partial charge in [-0.15, -0.1) is 0 Å². The number of aromatic amines is 1. The van der Waals surface area contributed by atoms with Crippen LogP contribution in [0.25, 0.3) is 10.9 Å². The SMILES string of the molecule is CC1=C(C)C(C)([SiH](C)C)[C]([Ti+2][c]2[nH]c3ccccc3c2C)=C1C.[Cl-].[Cl-]. The third-order valence-electron chi connectivity index (χ3n) is 6.17. The van der Waals surface area contributed by atoms with E-state index in [4.69, 9.17) is 0 Å². The minimum Gasteiger partial charge on any atom is -1.00 e. The van der Waals surface area contributed by atoms with E-state index in [2.05, 4.69) is 77.0 Å². The van der Waals surface area contributed by atoms with Crippen LogP contribution >= 0.6 is 0 Å². The topological polar surface area (TPSA) is 15.8 Å². The summed E-state index contributed by atoms with van der Waals surface area (Å²) in [5.74, 6) is 0. The first-order valence-corrected chi connectivity index (χ1v) is 13.0. The van der Waals surface area contributed by atoms with E-state index in [1.165, 1.54) is 20.5 Å². The van der Waals surface area contributed by atoms with Crippen molar-refractivity contribution < 1.29 is 44.0 Å². The van der Waals surface area contributed by atoms with Crippen molar-refractivity contribution >= 4 is 23.7 Å². The number of hydrogen-bond acceptors (Lipinski definition) is 0. The molecule has 1 aliphatic carbocycles. The molecule has 1 heterocycles. The zero-order valence-corrected chi connectivity index (χ0v) is 20.4. The number of nitrogens with one attached hydrogen (secondary N) is 1. The molecule has 1 aromatic carbocycles. The average Bonchev–Trinajstić information content (AvgIpc) is 2.93. The van der Waals surface area contributed by atoms with E-state index in [0.717, 1.165) is 0 Å². The number of halogens is 2. The van der Waals surface area contributed by atoms with E-state index in [1.807, 2.05) is 0 Å². The van der Waals surface area contributed by atoms with Crippen LogP contribution in [0, 0.1) is 6.92 Å². The second-order valence-electron chi connectivity index (χ2n) is 7.40. The molecule has 1 atom stereocenters. The first-order valence-electron chi connectivity index (χ1n) is 8.52. The molecular weight excluding hydrogens is 401 g/mol. The molecule has 5 heteroatoms. The number of aryl methyl sites for hydroxylation is 1. The van der Waals surface area contributed by atoms with Gasteiger partial charge in [0.05, 0.1) is 0 Å². The predicted molar refractivity (Wildman–Crippen MR) is 101 cm³/mol. The van der Waals surface area contributed by atoms with E-state index >= 15 is 0 Å². The fourth-order valence-electron chi connectivity index (χ4n) is 3.91. The molecule has 0 aliphatic heterocycles. The van der Waals surface area contributed by atoms with E-state index in [9.17, 15) is 0 Å². The minimum atomic E-state index is -0.822. The molecule has 1 aliphatic rings. The van der Waals surface area contributed by atoms with Gasteiger partial charge in [-0.1, -0.05) is 0 Å². The zero-order chi connectivity index (χ0) is 16.9. The summed E-state index contributed by atoms with van der Waals surface area (Å²) in [6.07, 6.45) is 0. The van der Waals surface area contributed by atoms with Gasteiger partial charge in [0, 0.05) is 0 Å². The first-order chi connectivity index (χ1) is 10.8. The quantitative estimate of drug-likeness (QED) is 0.608. The number of hydrogen-bond donors (Lipinski definition) is 1. The summed E-state index contributed by atoms with van der Waals surface area (Å²) in [5, 5.41) is 1.77. The Labute approximate surface area is 175 Å². The van der Waals surface area contributed by atoms with Gasteiger partial charge in [0.1, 0.15) is 0 Å². The standard InChI is InChI=1S/C11H19Si.C9H8N.2ClH.Ti/c1-8-7-11(4,12(5)6)10(3)9(8)2;1-7-6-10-9-5-3-2-4-8(7)9;;;/h12H,1-6H3;2-5,10H,1H3;2*1H;/q;;;;+2/p-2. The third-order valence-corrected chi connectivity index (χ3v) is 12.6. The van der Waals surface area contributed by atoms with Crippen LogP contribution in [0.4, 0.5) is 0 Å². The summed E-state index contributed by atoms with van der Waals surface area (Å²) in [6.45, 7) is 16.9. The van der Waals surface area contributed by atoms with E-state index in [0.29, 0.717) is 5.04 Å². The summed E-state index contributed by atoms with van der Waals surface area (Å²) < 4.78 is 3.30. The Morgan fingerprint density at radius 2 is 1.56 bits per heavy atom. The van der Waals surface area contributed by atoms with Crippen LogP contribution in [-0.4, -0.2) is 13.8 Å². The van der Waals surface area contributed by atoms with Gasteiger partial charge in [0.25, 0.3) is 0 Å². The Balaban J connectivity index is 0.00000156. The number of allylic oxidation sites excluding steroid dienone is 4. The van der Waals surface area contributed by atoms with E-state index in [1.54, 1.807) is 20.6 Å². The number of H-pyrrole nitrogens is 1. The normalized spacial score (nSPS) is 20.0. The van der Waals surface area contributed by atoms with Gasteiger partial charge in [-0.2, -0.15) is 0 Å². The summed E-state index contributed by atoms with van der Waals surface area (Å²) in [6, 6.07) is 8.73. The van der Waals surface area contributed by atoms with Gasteiger partial charge < -0.3 is 24.8 Å². The second kappa shape index (κ2) is 8.19. The predicted octanol–water partition coefficient (Wildman–Crippen LogP) is -0.937. The van der Waals surface area contributed by atoms with Crippen LogP contribution in [0.3, 0.4) is 0 Å². The Kier molecular flexibility index (Phi) is 7.46. The monoisotopic (exact) mass is 427 g/mol. The molecule has 25 heavy (non-hydrogen) atoms. The van der Waals surface area contributed by atoms with Crippen molar-refractivity contribution in [2.24, 2.45) is 0 Å².